The summed E-state index contributed by atoms with van der Waals surface area (Å²) in [6.07, 6.45) is 1.63. The maximum absolute atomic E-state index is 12.2. The topological polar surface area (TPSA) is 100 Å². The highest BCUT2D eigenvalue weighted by molar-refractivity contribution is 6.39. The average molecular weight is 296 g/mol. The number of alkyl carbamates (subject to hydrolysis) is 1. The van der Waals surface area contributed by atoms with E-state index < -0.39 is 6.09 Å². The number of ether oxygens (including phenoxy) is 1. The van der Waals surface area contributed by atoms with Crippen LogP contribution in [0.25, 0.3) is 0 Å². The molecule has 0 atom stereocenters. The maximum atomic E-state index is 12.2. The van der Waals surface area contributed by atoms with E-state index in [0.29, 0.717) is 51.1 Å². The zero-order chi connectivity index (χ0) is 15.2. The van der Waals surface area contributed by atoms with Crippen molar-refractivity contribution in [2.45, 2.75) is 38.6 Å². The molecule has 0 aromatic carbocycles. The van der Waals surface area contributed by atoms with Crippen LogP contribution in [0.15, 0.2) is 5.10 Å². The van der Waals surface area contributed by atoms with Crippen LogP contribution in [0.3, 0.4) is 0 Å². The molecule has 0 aromatic rings. The van der Waals surface area contributed by atoms with E-state index >= 15 is 0 Å². The van der Waals surface area contributed by atoms with Crippen molar-refractivity contribution in [1.29, 1.82) is 0 Å². The van der Waals surface area contributed by atoms with Gasteiger partial charge < -0.3 is 15.0 Å². The fraction of sp³-hybridized carbons (Fsp3) is 0.692. The molecule has 2 rings (SSSR count). The van der Waals surface area contributed by atoms with Crippen molar-refractivity contribution in [3.8, 4) is 0 Å². The Morgan fingerprint density at radius 2 is 2.10 bits per heavy atom. The Labute approximate surface area is 122 Å². The molecule has 0 aromatic heterocycles. The second kappa shape index (κ2) is 7.05. The Morgan fingerprint density at radius 3 is 2.67 bits per heavy atom. The summed E-state index contributed by atoms with van der Waals surface area (Å²) in [6.45, 7) is 3.21. The number of hydrogen-bond acceptors (Lipinski definition) is 5. The minimum absolute atomic E-state index is 0.0288. The molecule has 1 saturated heterocycles. The highest BCUT2D eigenvalue weighted by Gasteiger charge is 2.28. The van der Waals surface area contributed by atoms with Crippen molar-refractivity contribution in [3.05, 3.63) is 0 Å². The molecule has 3 amide bonds. The van der Waals surface area contributed by atoms with Crippen molar-refractivity contribution < 1.29 is 19.1 Å². The van der Waals surface area contributed by atoms with Gasteiger partial charge in [-0.2, -0.15) is 5.10 Å². The predicted molar refractivity (Wildman–Crippen MR) is 74.6 cm³/mol. The van der Waals surface area contributed by atoms with Gasteiger partial charge >= 0.3 is 6.09 Å². The quantitative estimate of drug-likeness (QED) is 0.765. The molecule has 0 radical (unpaired) electrons. The molecule has 2 heterocycles. The van der Waals surface area contributed by atoms with E-state index in [1.54, 1.807) is 11.8 Å². The third-order valence-electron chi connectivity index (χ3n) is 3.53. The van der Waals surface area contributed by atoms with Crippen LogP contribution in [0.4, 0.5) is 4.79 Å². The number of piperidine rings is 1. The predicted octanol–water partition coefficient (Wildman–Crippen LogP) is -0.0105. The summed E-state index contributed by atoms with van der Waals surface area (Å²) in [4.78, 5) is 36.3. The van der Waals surface area contributed by atoms with Crippen LogP contribution in [-0.4, -0.2) is 54.3 Å². The van der Waals surface area contributed by atoms with Gasteiger partial charge in [-0.1, -0.05) is 0 Å². The summed E-state index contributed by atoms with van der Waals surface area (Å²) in [7, 11) is 0. The van der Waals surface area contributed by atoms with Gasteiger partial charge in [0.05, 0.1) is 6.61 Å². The number of nitrogens with one attached hydrogen (secondary N) is 2. The van der Waals surface area contributed by atoms with Gasteiger partial charge in [0.2, 0.25) is 5.91 Å². The third-order valence-corrected chi connectivity index (χ3v) is 3.53. The van der Waals surface area contributed by atoms with Crippen LogP contribution in [0, 0.1) is 0 Å². The highest BCUT2D eigenvalue weighted by Crippen LogP contribution is 2.13. The zero-order valence-corrected chi connectivity index (χ0v) is 12.1. The first kappa shape index (κ1) is 15.3. The van der Waals surface area contributed by atoms with E-state index in [2.05, 4.69) is 15.8 Å². The molecule has 2 N–H and O–H groups in total. The minimum atomic E-state index is -0.415. The molecule has 8 nitrogen and oxygen atoms in total. The fourth-order valence-corrected chi connectivity index (χ4v) is 2.38. The summed E-state index contributed by atoms with van der Waals surface area (Å²) in [5.41, 5.74) is 2.72. The van der Waals surface area contributed by atoms with E-state index in [1.807, 2.05) is 0 Å². The molecule has 0 saturated carbocycles. The number of hydrazone groups is 1. The van der Waals surface area contributed by atoms with Crippen LogP contribution < -0.4 is 10.7 Å². The molecule has 21 heavy (non-hydrogen) atoms. The van der Waals surface area contributed by atoms with E-state index in [4.69, 9.17) is 4.74 Å². The summed E-state index contributed by atoms with van der Waals surface area (Å²) in [5.74, 6) is -0.298. The Bertz CT molecular complexity index is 455. The first-order valence-electron chi connectivity index (χ1n) is 7.18. The molecule has 1 fully saturated rings. The Kier molecular flexibility index (Phi) is 5.13. The minimum Gasteiger partial charge on any atom is -0.450 e. The summed E-state index contributed by atoms with van der Waals surface area (Å²) >= 11 is 0. The van der Waals surface area contributed by atoms with Gasteiger partial charge in [0.1, 0.15) is 5.71 Å². The lowest BCUT2D eigenvalue weighted by Gasteiger charge is -2.32. The average Bonchev–Trinajstić information content (AvgIpc) is 2.48. The normalized spacial score (nSPS) is 19.6. The first-order valence-corrected chi connectivity index (χ1v) is 7.18. The van der Waals surface area contributed by atoms with Crippen molar-refractivity contribution in [2.75, 3.05) is 19.7 Å². The number of nitrogens with zero attached hydrogens (tertiary/aromatic N) is 2. The first-order chi connectivity index (χ1) is 10.1. The van der Waals surface area contributed by atoms with Crippen LogP contribution >= 0.6 is 0 Å². The monoisotopic (exact) mass is 296 g/mol. The summed E-state index contributed by atoms with van der Waals surface area (Å²) < 4.78 is 4.83. The van der Waals surface area contributed by atoms with Crippen LogP contribution in [-0.2, 0) is 14.3 Å². The van der Waals surface area contributed by atoms with Gasteiger partial charge in [-0.25, -0.2) is 10.2 Å². The van der Waals surface area contributed by atoms with Crippen molar-refractivity contribution in [2.24, 2.45) is 5.10 Å². The van der Waals surface area contributed by atoms with Crippen molar-refractivity contribution in [1.82, 2.24) is 15.6 Å². The standard InChI is InChI=1S/C13H20N4O4/c1-2-21-13(20)14-9-5-7-17(8-6-9)12(19)10-3-4-11(18)16-15-10/h9H,2-8H2,1H3,(H,14,20)(H,16,18). The number of carbonyl (C=O) groups excluding carboxylic acids is 3. The highest BCUT2D eigenvalue weighted by atomic mass is 16.5. The van der Waals surface area contributed by atoms with Gasteiger partial charge in [0.15, 0.2) is 0 Å². The van der Waals surface area contributed by atoms with Gasteiger partial charge in [-0.3, -0.25) is 9.59 Å². The Hall–Kier alpha value is -2.12. The van der Waals surface area contributed by atoms with E-state index in [-0.39, 0.29) is 17.9 Å². The van der Waals surface area contributed by atoms with E-state index in [0.717, 1.165) is 0 Å². The van der Waals surface area contributed by atoms with Crippen LogP contribution in [0.2, 0.25) is 0 Å². The van der Waals surface area contributed by atoms with Gasteiger partial charge in [0, 0.05) is 32.0 Å². The number of rotatable bonds is 3. The Morgan fingerprint density at radius 1 is 1.38 bits per heavy atom. The number of amides is 3. The summed E-state index contributed by atoms with van der Waals surface area (Å²) in [5, 5.41) is 6.59. The molecular weight excluding hydrogens is 276 g/mol. The van der Waals surface area contributed by atoms with E-state index in [9.17, 15) is 14.4 Å². The molecule has 116 valence electrons. The lowest BCUT2D eigenvalue weighted by molar-refractivity contribution is -0.125. The Balaban J connectivity index is 1.79. The molecule has 0 unspecified atom stereocenters. The molecule has 0 aliphatic carbocycles. The maximum Gasteiger partial charge on any atom is 0.407 e. The SMILES string of the molecule is CCOC(=O)NC1CCN(C(=O)C2=NNC(=O)CC2)CC1. The number of hydrogen-bond donors (Lipinski definition) is 2. The fourth-order valence-electron chi connectivity index (χ4n) is 2.38. The van der Waals surface area contributed by atoms with Gasteiger partial charge in [-0.15, -0.1) is 0 Å². The molecular formula is C13H20N4O4. The lowest BCUT2D eigenvalue weighted by atomic mass is 10.0. The van der Waals surface area contributed by atoms with E-state index in [1.165, 1.54) is 0 Å². The van der Waals surface area contributed by atoms with Gasteiger partial charge in [-0.05, 0) is 19.8 Å². The number of carbonyl (C=O) groups is 3. The van der Waals surface area contributed by atoms with Crippen LogP contribution in [0.1, 0.15) is 32.6 Å². The number of likely N-dealkylation sites (tertiary alicyclic amines) is 1. The third kappa shape index (κ3) is 4.17. The largest absolute Gasteiger partial charge is 0.450 e. The lowest BCUT2D eigenvalue weighted by Crippen LogP contribution is -2.49. The summed E-state index contributed by atoms with van der Waals surface area (Å²) in [6, 6.07) is 0.0288. The van der Waals surface area contributed by atoms with Crippen LogP contribution in [0.5, 0.6) is 0 Å². The van der Waals surface area contributed by atoms with Crippen molar-refractivity contribution in [3.63, 3.8) is 0 Å². The molecule has 0 bridgehead atoms. The molecule has 8 heteroatoms. The van der Waals surface area contributed by atoms with Crippen molar-refractivity contribution >= 4 is 23.6 Å². The second-order valence-electron chi connectivity index (χ2n) is 5.02. The smallest absolute Gasteiger partial charge is 0.407 e. The molecule has 0 spiro atoms. The second-order valence-corrected chi connectivity index (χ2v) is 5.02. The zero-order valence-electron chi connectivity index (χ0n) is 12.1. The molecule has 2 aliphatic heterocycles. The van der Waals surface area contributed by atoms with Gasteiger partial charge in [0.25, 0.3) is 5.91 Å². The molecule has 2 aliphatic rings.